The lowest BCUT2D eigenvalue weighted by atomic mass is 9.97. The smallest absolute Gasteiger partial charge is 0.210 e. The highest BCUT2D eigenvalue weighted by molar-refractivity contribution is 7.89. The molecule has 0 spiro atoms. The molecule has 100 valence electrons. The third-order valence-electron chi connectivity index (χ3n) is 2.38. The normalized spacial score (nSPS) is 11.6. The minimum atomic E-state index is -4.03. The summed E-state index contributed by atoms with van der Waals surface area (Å²) in [4.78, 5) is -0.427. The zero-order valence-corrected chi connectivity index (χ0v) is 11.3. The van der Waals surface area contributed by atoms with Crippen LogP contribution >= 0.6 is 0 Å². The molecule has 0 amide bonds. The van der Waals surface area contributed by atoms with Gasteiger partial charge in [-0.15, -0.1) is 0 Å². The first-order chi connectivity index (χ1) is 8.73. The topological polar surface area (TPSA) is 93.8 Å². The van der Waals surface area contributed by atoms with Crippen LogP contribution in [0.25, 0.3) is 0 Å². The Morgan fingerprint density at radius 3 is 2.53 bits per heavy atom. The van der Waals surface area contributed by atoms with Gasteiger partial charge in [-0.3, -0.25) is 0 Å². The van der Waals surface area contributed by atoms with Crippen LogP contribution in [0.1, 0.15) is 19.4 Å². The highest BCUT2D eigenvalue weighted by Crippen LogP contribution is 2.19. The van der Waals surface area contributed by atoms with Gasteiger partial charge >= 0.3 is 0 Å². The van der Waals surface area contributed by atoms with E-state index in [1.807, 2.05) is 6.07 Å². The minimum Gasteiger partial charge on any atom is -0.210 e. The Hall–Kier alpha value is -1.96. The molecule has 0 aromatic heterocycles. The maximum Gasteiger partial charge on any atom is 0.242 e. The zero-order valence-electron chi connectivity index (χ0n) is 10.4. The molecule has 0 saturated heterocycles. The molecule has 19 heavy (non-hydrogen) atoms. The predicted octanol–water partition coefficient (Wildman–Crippen LogP) is 1.53. The van der Waals surface area contributed by atoms with Gasteiger partial charge in [-0.1, -0.05) is 6.07 Å². The van der Waals surface area contributed by atoms with Crippen molar-refractivity contribution < 1.29 is 12.8 Å². The molecule has 0 unspecified atom stereocenters. The first-order valence-electron chi connectivity index (χ1n) is 5.33. The SMILES string of the molecule is CC(C)(C#N)CNS(=O)(=O)c1cccc(F)c1C#N. The van der Waals surface area contributed by atoms with Gasteiger partial charge in [-0.25, -0.2) is 17.5 Å². The van der Waals surface area contributed by atoms with Crippen molar-refractivity contribution in [1.82, 2.24) is 4.72 Å². The second kappa shape index (κ2) is 5.35. The predicted molar refractivity (Wildman–Crippen MR) is 65.7 cm³/mol. The van der Waals surface area contributed by atoms with Crippen LogP contribution in [0, 0.1) is 33.9 Å². The van der Waals surface area contributed by atoms with Crippen molar-refractivity contribution in [3.8, 4) is 12.1 Å². The first-order valence-corrected chi connectivity index (χ1v) is 6.81. The number of halogens is 1. The third-order valence-corrected chi connectivity index (χ3v) is 3.83. The first kappa shape index (κ1) is 15.1. The number of sulfonamides is 1. The molecule has 5 nitrogen and oxygen atoms in total. The lowest BCUT2D eigenvalue weighted by Gasteiger charge is -2.16. The van der Waals surface area contributed by atoms with Gasteiger partial charge in [0.2, 0.25) is 10.0 Å². The second-order valence-electron chi connectivity index (χ2n) is 4.55. The number of hydrogen-bond acceptors (Lipinski definition) is 4. The van der Waals surface area contributed by atoms with Gasteiger partial charge in [-0.05, 0) is 26.0 Å². The number of benzene rings is 1. The van der Waals surface area contributed by atoms with E-state index in [-0.39, 0.29) is 6.54 Å². The van der Waals surface area contributed by atoms with Crippen molar-refractivity contribution in [2.75, 3.05) is 6.54 Å². The van der Waals surface area contributed by atoms with Crippen LogP contribution in [0.15, 0.2) is 23.1 Å². The average Bonchev–Trinajstić information content (AvgIpc) is 2.36. The van der Waals surface area contributed by atoms with Crippen LogP contribution in [0.3, 0.4) is 0 Å². The molecule has 0 bridgehead atoms. The molecule has 7 heteroatoms. The standard InChI is InChI=1S/C12H12FN3O2S/c1-12(2,7-15)8-16-19(17,18)11-5-3-4-10(13)9(11)6-14/h3-5,16H,8H2,1-2H3. The maximum absolute atomic E-state index is 13.4. The Morgan fingerprint density at radius 1 is 1.37 bits per heavy atom. The molecule has 0 aliphatic heterocycles. The summed E-state index contributed by atoms with van der Waals surface area (Å²) in [6.45, 7) is 2.99. The van der Waals surface area contributed by atoms with Gasteiger partial charge in [0, 0.05) is 6.54 Å². The van der Waals surface area contributed by atoms with Crippen LogP contribution in [0.2, 0.25) is 0 Å². The molecule has 1 aromatic carbocycles. The summed E-state index contributed by atoms with van der Waals surface area (Å²) in [5.41, 5.74) is -1.43. The fraction of sp³-hybridized carbons (Fsp3) is 0.333. The van der Waals surface area contributed by atoms with E-state index in [1.165, 1.54) is 12.1 Å². The van der Waals surface area contributed by atoms with E-state index in [1.54, 1.807) is 13.8 Å². The third kappa shape index (κ3) is 3.50. The Balaban J connectivity index is 3.14. The van der Waals surface area contributed by atoms with Crippen molar-refractivity contribution >= 4 is 10.0 Å². The summed E-state index contributed by atoms with van der Waals surface area (Å²) in [6.07, 6.45) is 0. The van der Waals surface area contributed by atoms with Crippen molar-refractivity contribution in [3.05, 3.63) is 29.6 Å². The van der Waals surface area contributed by atoms with Gasteiger partial charge in [0.25, 0.3) is 0 Å². The van der Waals surface area contributed by atoms with Crippen LogP contribution in [0.5, 0.6) is 0 Å². The van der Waals surface area contributed by atoms with Crippen molar-refractivity contribution in [3.63, 3.8) is 0 Å². The summed E-state index contributed by atoms with van der Waals surface area (Å²) in [6, 6.07) is 6.82. The van der Waals surface area contributed by atoms with E-state index >= 15 is 0 Å². The molecule has 0 atom stereocenters. The largest absolute Gasteiger partial charge is 0.242 e. The average molecular weight is 281 g/mol. The molecular weight excluding hydrogens is 269 g/mol. The molecule has 0 heterocycles. The van der Waals surface area contributed by atoms with E-state index in [2.05, 4.69) is 4.72 Å². The highest BCUT2D eigenvalue weighted by Gasteiger charge is 2.25. The van der Waals surface area contributed by atoms with Gasteiger partial charge in [0.1, 0.15) is 22.3 Å². The zero-order chi connectivity index (χ0) is 14.7. The fourth-order valence-electron chi connectivity index (χ4n) is 1.23. The number of nitrogens with zero attached hydrogens (tertiary/aromatic N) is 2. The Kier molecular flexibility index (Phi) is 4.25. The quantitative estimate of drug-likeness (QED) is 0.905. The lowest BCUT2D eigenvalue weighted by Crippen LogP contribution is -2.33. The van der Waals surface area contributed by atoms with Gasteiger partial charge in [-0.2, -0.15) is 10.5 Å². The van der Waals surface area contributed by atoms with Crippen molar-refractivity contribution in [1.29, 1.82) is 10.5 Å². The van der Waals surface area contributed by atoms with Crippen LogP contribution < -0.4 is 4.72 Å². The van der Waals surface area contributed by atoms with E-state index in [9.17, 15) is 12.8 Å². The number of hydrogen-bond donors (Lipinski definition) is 1. The van der Waals surface area contributed by atoms with Crippen LogP contribution in [-0.4, -0.2) is 15.0 Å². The summed E-state index contributed by atoms with van der Waals surface area (Å²) in [5.74, 6) is -0.898. The minimum absolute atomic E-state index is 0.132. The number of rotatable bonds is 4. The van der Waals surface area contributed by atoms with Gasteiger partial charge in [0.15, 0.2) is 0 Å². The van der Waals surface area contributed by atoms with E-state index in [0.717, 1.165) is 12.1 Å². The molecule has 0 aliphatic rings. The monoisotopic (exact) mass is 281 g/mol. The molecule has 1 rings (SSSR count). The molecule has 1 aromatic rings. The maximum atomic E-state index is 13.4. The van der Waals surface area contributed by atoms with E-state index < -0.39 is 31.7 Å². The van der Waals surface area contributed by atoms with Crippen molar-refractivity contribution in [2.45, 2.75) is 18.7 Å². The summed E-state index contributed by atoms with van der Waals surface area (Å²) >= 11 is 0. The Labute approximate surface area is 111 Å². The lowest BCUT2D eigenvalue weighted by molar-refractivity contribution is 0.478. The molecule has 0 aliphatic carbocycles. The molecule has 0 radical (unpaired) electrons. The molecule has 0 fully saturated rings. The van der Waals surface area contributed by atoms with E-state index in [0.29, 0.717) is 0 Å². The summed E-state index contributed by atoms with van der Waals surface area (Å²) in [5, 5.41) is 17.6. The van der Waals surface area contributed by atoms with Crippen LogP contribution in [0.4, 0.5) is 4.39 Å². The van der Waals surface area contributed by atoms with Gasteiger partial charge in [0.05, 0.1) is 11.5 Å². The Morgan fingerprint density at radius 2 is 2.00 bits per heavy atom. The number of nitrogens with one attached hydrogen (secondary N) is 1. The number of nitriles is 2. The van der Waals surface area contributed by atoms with E-state index in [4.69, 9.17) is 10.5 Å². The Bertz CT molecular complexity index is 669. The highest BCUT2D eigenvalue weighted by atomic mass is 32.2. The molecular formula is C12H12FN3O2S. The van der Waals surface area contributed by atoms with Crippen molar-refractivity contribution in [2.24, 2.45) is 5.41 Å². The van der Waals surface area contributed by atoms with Crippen LogP contribution in [-0.2, 0) is 10.0 Å². The van der Waals surface area contributed by atoms with Gasteiger partial charge < -0.3 is 0 Å². The summed E-state index contributed by atoms with van der Waals surface area (Å²) < 4.78 is 39.5. The second-order valence-corrected chi connectivity index (χ2v) is 6.28. The summed E-state index contributed by atoms with van der Waals surface area (Å²) in [7, 11) is -4.03. The molecule has 1 N–H and O–H groups in total. The molecule has 0 saturated carbocycles. The fourth-order valence-corrected chi connectivity index (χ4v) is 2.61.